The van der Waals surface area contributed by atoms with Crippen LogP contribution in [0.5, 0.6) is 0 Å². The van der Waals surface area contributed by atoms with E-state index in [-0.39, 0.29) is 37.1 Å². The average Bonchev–Trinajstić information content (AvgIpc) is 2.32. The van der Waals surface area contributed by atoms with E-state index in [1.54, 1.807) is 0 Å². The summed E-state index contributed by atoms with van der Waals surface area (Å²) in [5, 5.41) is 5.76. The Morgan fingerprint density at radius 1 is 1.12 bits per heavy atom. The zero-order valence-electron chi connectivity index (χ0n) is 9.44. The fourth-order valence-corrected chi connectivity index (χ4v) is 1.50. The number of carbonyl (C=O) groups excluding carboxylic acids is 2. The summed E-state index contributed by atoms with van der Waals surface area (Å²) < 4.78 is 22.0. The van der Waals surface area contributed by atoms with Crippen LogP contribution in [0.25, 0.3) is 0 Å². The van der Waals surface area contributed by atoms with Gasteiger partial charge in [-0.05, 0) is 6.08 Å². The summed E-state index contributed by atoms with van der Waals surface area (Å²) >= 11 is 0. The standard InChI is InChI=1S/C10H16N2O4S/c1-3-9(13)11-6-7-12-10(14)5-8-17(15,16)4-2/h3-4H,1-2,5-8H2,(H,11,13)(H,12,14). The number of hydrogen-bond acceptors (Lipinski definition) is 4. The Hall–Kier alpha value is -1.63. The first kappa shape index (κ1) is 15.4. The number of nitrogens with one attached hydrogen (secondary N) is 2. The van der Waals surface area contributed by atoms with Crippen molar-refractivity contribution in [3.05, 3.63) is 24.6 Å². The topological polar surface area (TPSA) is 92.3 Å². The normalized spacial score (nSPS) is 10.4. The number of carbonyl (C=O) groups is 2. The molecule has 0 bridgehead atoms. The van der Waals surface area contributed by atoms with Gasteiger partial charge in [0.1, 0.15) is 0 Å². The highest BCUT2D eigenvalue weighted by molar-refractivity contribution is 7.94. The van der Waals surface area contributed by atoms with E-state index in [0.717, 1.165) is 11.5 Å². The molecule has 17 heavy (non-hydrogen) atoms. The van der Waals surface area contributed by atoms with E-state index in [2.05, 4.69) is 23.8 Å². The third kappa shape index (κ3) is 8.21. The highest BCUT2D eigenvalue weighted by Gasteiger charge is 2.08. The molecular formula is C10H16N2O4S. The molecule has 96 valence electrons. The molecule has 0 unspecified atom stereocenters. The highest BCUT2D eigenvalue weighted by Crippen LogP contribution is 1.93. The average molecular weight is 260 g/mol. The van der Waals surface area contributed by atoms with Gasteiger partial charge in [-0.25, -0.2) is 8.42 Å². The van der Waals surface area contributed by atoms with Crippen molar-refractivity contribution in [3.63, 3.8) is 0 Å². The fraction of sp³-hybridized carbons (Fsp3) is 0.400. The lowest BCUT2D eigenvalue weighted by Gasteiger charge is -2.05. The molecule has 2 amide bonds. The van der Waals surface area contributed by atoms with Crippen LogP contribution in [0.1, 0.15) is 6.42 Å². The summed E-state index contributed by atoms with van der Waals surface area (Å²) in [7, 11) is -3.34. The van der Waals surface area contributed by atoms with Gasteiger partial charge < -0.3 is 10.6 Å². The van der Waals surface area contributed by atoms with E-state index < -0.39 is 9.84 Å². The van der Waals surface area contributed by atoms with Gasteiger partial charge in [-0.1, -0.05) is 13.2 Å². The van der Waals surface area contributed by atoms with Crippen LogP contribution in [0.3, 0.4) is 0 Å². The number of amides is 2. The van der Waals surface area contributed by atoms with Gasteiger partial charge in [-0.3, -0.25) is 9.59 Å². The highest BCUT2D eigenvalue weighted by atomic mass is 32.2. The second kappa shape index (κ2) is 7.61. The third-order valence-corrected chi connectivity index (χ3v) is 3.08. The Kier molecular flexibility index (Phi) is 6.88. The summed E-state index contributed by atoms with van der Waals surface area (Å²) in [6.45, 7) is 6.91. The Bertz CT molecular complexity index is 401. The minimum atomic E-state index is -3.34. The van der Waals surface area contributed by atoms with Gasteiger partial charge in [0.15, 0.2) is 9.84 Å². The van der Waals surface area contributed by atoms with Crippen LogP contribution in [0, 0.1) is 0 Å². The van der Waals surface area contributed by atoms with E-state index in [9.17, 15) is 18.0 Å². The molecule has 0 aromatic carbocycles. The van der Waals surface area contributed by atoms with Crippen molar-refractivity contribution in [1.29, 1.82) is 0 Å². The molecule has 0 aromatic heterocycles. The van der Waals surface area contributed by atoms with Crippen LogP contribution >= 0.6 is 0 Å². The molecule has 0 spiro atoms. The van der Waals surface area contributed by atoms with Gasteiger partial charge in [-0.2, -0.15) is 0 Å². The molecule has 0 aliphatic rings. The van der Waals surface area contributed by atoms with E-state index in [0.29, 0.717) is 0 Å². The molecule has 0 saturated heterocycles. The van der Waals surface area contributed by atoms with Crippen molar-refractivity contribution in [2.45, 2.75) is 6.42 Å². The molecule has 0 rings (SSSR count). The van der Waals surface area contributed by atoms with Crippen LogP contribution in [0.2, 0.25) is 0 Å². The Morgan fingerprint density at radius 3 is 2.24 bits per heavy atom. The predicted molar refractivity (Wildman–Crippen MR) is 64.8 cm³/mol. The molecule has 0 saturated carbocycles. The summed E-state index contributed by atoms with van der Waals surface area (Å²) in [4.78, 5) is 21.9. The van der Waals surface area contributed by atoms with Crippen LogP contribution in [-0.2, 0) is 19.4 Å². The number of sulfone groups is 1. The van der Waals surface area contributed by atoms with Gasteiger partial charge in [-0.15, -0.1) is 0 Å². The SMILES string of the molecule is C=CC(=O)NCCNC(=O)CCS(=O)(=O)C=C. The van der Waals surface area contributed by atoms with Gasteiger partial charge in [0.2, 0.25) is 11.8 Å². The lowest BCUT2D eigenvalue weighted by molar-refractivity contribution is -0.121. The molecule has 6 nitrogen and oxygen atoms in total. The Balaban J connectivity index is 3.71. The Morgan fingerprint density at radius 2 is 1.71 bits per heavy atom. The van der Waals surface area contributed by atoms with Crippen molar-refractivity contribution in [2.75, 3.05) is 18.8 Å². The van der Waals surface area contributed by atoms with Crippen LogP contribution in [0.4, 0.5) is 0 Å². The zero-order chi connectivity index (χ0) is 13.3. The smallest absolute Gasteiger partial charge is 0.243 e. The Labute approximate surface area is 101 Å². The van der Waals surface area contributed by atoms with Gasteiger partial charge in [0, 0.05) is 24.9 Å². The molecule has 0 radical (unpaired) electrons. The lowest BCUT2D eigenvalue weighted by Crippen LogP contribution is -2.34. The summed E-state index contributed by atoms with van der Waals surface area (Å²) in [5.41, 5.74) is 0. The van der Waals surface area contributed by atoms with Crippen molar-refractivity contribution in [2.24, 2.45) is 0 Å². The molecule has 2 N–H and O–H groups in total. The maximum Gasteiger partial charge on any atom is 0.243 e. The van der Waals surface area contributed by atoms with Gasteiger partial charge in [0.25, 0.3) is 0 Å². The van der Waals surface area contributed by atoms with Crippen LogP contribution in [0.15, 0.2) is 24.6 Å². The minimum Gasteiger partial charge on any atom is -0.354 e. The van der Waals surface area contributed by atoms with E-state index in [1.807, 2.05) is 0 Å². The molecule has 0 heterocycles. The molecule has 0 aromatic rings. The zero-order valence-corrected chi connectivity index (χ0v) is 10.3. The maximum absolute atomic E-state index is 11.2. The van der Waals surface area contributed by atoms with Gasteiger partial charge >= 0.3 is 0 Å². The molecule has 0 aliphatic carbocycles. The molecule has 7 heteroatoms. The van der Waals surface area contributed by atoms with Crippen molar-refractivity contribution >= 4 is 21.7 Å². The van der Waals surface area contributed by atoms with E-state index >= 15 is 0 Å². The molecular weight excluding hydrogens is 244 g/mol. The fourth-order valence-electron chi connectivity index (χ4n) is 0.866. The molecule has 0 fully saturated rings. The predicted octanol–water partition coefficient (Wildman–Crippen LogP) is -0.647. The lowest BCUT2D eigenvalue weighted by atomic mass is 10.4. The van der Waals surface area contributed by atoms with Gasteiger partial charge in [0.05, 0.1) is 5.75 Å². The van der Waals surface area contributed by atoms with Crippen LogP contribution < -0.4 is 10.6 Å². The molecule has 0 atom stereocenters. The first-order chi connectivity index (χ1) is 7.91. The quantitative estimate of drug-likeness (QED) is 0.448. The van der Waals surface area contributed by atoms with Crippen molar-refractivity contribution < 1.29 is 18.0 Å². The van der Waals surface area contributed by atoms with E-state index in [4.69, 9.17) is 0 Å². The largest absolute Gasteiger partial charge is 0.354 e. The first-order valence-electron chi connectivity index (χ1n) is 4.93. The first-order valence-corrected chi connectivity index (χ1v) is 6.65. The number of rotatable bonds is 8. The monoisotopic (exact) mass is 260 g/mol. The second-order valence-electron chi connectivity index (χ2n) is 3.13. The van der Waals surface area contributed by atoms with E-state index in [1.165, 1.54) is 0 Å². The number of hydrogen-bond donors (Lipinski definition) is 2. The summed E-state index contributed by atoms with van der Waals surface area (Å²) in [6.07, 6.45) is 1.00. The third-order valence-electron chi connectivity index (χ3n) is 1.80. The molecule has 0 aliphatic heterocycles. The summed E-state index contributed by atoms with van der Waals surface area (Å²) in [5.74, 6) is -0.974. The minimum absolute atomic E-state index is 0.121. The van der Waals surface area contributed by atoms with Crippen molar-refractivity contribution in [3.8, 4) is 0 Å². The van der Waals surface area contributed by atoms with Crippen molar-refractivity contribution in [1.82, 2.24) is 10.6 Å². The summed E-state index contributed by atoms with van der Waals surface area (Å²) in [6, 6.07) is 0. The van der Waals surface area contributed by atoms with Crippen LogP contribution in [-0.4, -0.2) is 39.1 Å². The maximum atomic E-state index is 11.2. The second-order valence-corrected chi connectivity index (χ2v) is 5.20.